The van der Waals surface area contributed by atoms with E-state index in [0.29, 0.717) is 0 Å². The van der Waals surface area contributed by atoms with Gasteiger partial charge >= 0.3 is 5.69 Å². The molecule has 1 saturated carbocycles. The third-order valence-electron chi connectivity index (χ3n) is 2.91. The first kappa shape index (κ1) is 14.0. The maximum atomic E-state index is 11.8. The van der Waals surface area contributed by atoms with Gasteiger partial charge in [0.1, 0.15) is 12.4 Å². The molecule has 20 heavy (non-hydrogen) atoms. The predicted molar refractivity (Wildman–Crippen MR) is 72.5 cm³/mol. The van der Waals surface area contributed by atoms with Crippen molar-refractivity contribution < 1.29 is 9.72 Å². The number of aromatic nitrogens is 2. The Morgan fingerprint density at radius 2 is 2.10 bits per heavy atom. The fourth-order valence-corrected chi connectivity index (χ4v) is 1.66. The van der Waals surface area contributed by atoms with Gasteiger partial charge in [0.25, 0.3) is 0 Å². The van der Waals surface area contributed by atoms with Gasteiger partial charge in [-0.3, -0.25) is 14.9 Å². The van der Waals surface area contributed by atoms with Gasteiger partial charge in [0.2, 0.25) is 17.5 Å². The Labute approximate surface area is 115 Å². The van der Waals surface area contributed by atoms with Crippen molar-refractivity contribution in [3.05, 3.63) is 16.4 Å². The van der Waals surface area contributed by atoms with E-state index in [1.165, 1.54) is 13.4 Å². The minimum atomic E-state index is -0.617. The number of carbonyl (C=O) groups excluding carboxylic acids is 1. The molecule has 9 heteroatoms. The average molecular weight is 280 g/mol. The fourth-order valence-electron chi connectivity index (χ4n) is 1.66. The van der Waals surface area contributed by atoms with E-state index in [1.54, 1.807) is 6.92 Å². The summed E-state index contributed by atoms with van der Waals surface area (Å²) in [4.78, 5) is 30.0. The second-order valence-electron chi connectivity index (χ2n) is 4.58. The molecule has 1 aromatic rings. The molecule has 108 valence electrons. The molecule has 0 spiro atoms. The van der Waals surface area contributed by atoms with Crippen LogP contribution < -0.4 is 16.0 Å². The van der Waals surface area contributed by atoms with E-state index in [2.05, 4.69) is 25.9 Å². The number of nitrogens with zero attached hydrogens (tertiary/aromatic N) is 3. The van der Waals surface area contributed by atoms with Gasteiger partial charge in [-0.1, -0.05) is 0 Å². The van der Waals surface area contributed by atoms with E-state index in [1.807, 2.05) is 0 Å². The summed E-state index contributed by atoms with van der Waals surface area (Å²) in [5.41, 5.74) is -0.277. The first-order valence-electron chi connectivity index (χ1n) is 6.27. The highest BCUT2D eigenvalue weighted by molar-refractivity contribution is 5.85. The van der Waals surface area contributed by atoms with E-state index in [4.69, 9.17) is 0 Å². The Kier molecular flexibility index (Phi) is 3.97. The van der Waals surface area contributed by atoms with Crippen LogP contribution in [0, 0.1) is 10.1 Å². The third-order valence-corrected chi connectivity index (χ3v) is 2.91. The lowest BCUT2D eigenvalue weighted by atomic mass is 10.3. The molecule has 1 unspecified atom stereocenters. The zero-order valence-corrected chi connectivity index (χ0v) is 11.2. The molecule has 0 radical (unpaired) electrons. The van der Waals surface area contributed by atoms with Crippen molar-refractivity contribution in [3.63, 3.8) is 0 Å². The number of hydrogen-bond acceptors (Lipinski definition) is 7. The Bertz CT molecular complexity index is 531. The second kappa shape index (κ2) is 5.68. The van der Waals surface area contributed by atoms with Crippen molar-refractivity contribution in [1.29, 1.82) is 0 Å². The molecule has 1 aromatic heterocycles. The smallest absolute Gasteiger partial charge is 0.353 e. The molecule has 1 aliphatic carbocycles. The number of nitrogens with one attached hydrogen (secondary N) is 3. The molecule has 1 fully saturated rings. The van der Waals surface area contributed by atoms with Crippen molar-refractivity contribution >= 4 is 23.2 Å². The lowest BCUT2D eigenvalue weighted by molar-refractivity contribution is -0.383. The van der Waals surface area contributed by atoms with Crippen LogP contribution >= 0.6 is 0 Å². The first-order valence-corrected chi connectivity index (χ1v) is 6.27. The summed E-state index contributed by atoms with van der Waals surface area (Å²) in [6.07, 6.45) is 3.17. The van der Waals surface area contributed by atoms with Crippen LogP contribution in [0.1, 0.15) is 19.8 Å². The summed E-state index contributed by atoms with van der Waals surface area (Å²) in [6.45, 7) is 1.63. The van der Waals surface area contributed by atoms with E-state index >= 15 is 0 Å². The van der Waals surface area contributed by atoms with Crippen molar-refractivity contribution in [2.24, 2.45) is 0 Å². The number of anilines is 2. The molecular weight excluding hydrogens is 264 g/mol. The van der Waals surface area contributed by atoms with Gasteiger partial charge in [0.05, 0.1) is 4.92 Å². The number of rotatable bonds is 6. The minimum absolute atomic E-state index is 0.0211. The zero-order valence-electron chi connectivity index (χ0n) is 11.2. The van der Waals surface area contributed by atoms with Crippen LogP contribution in [0.5, 0.6) is 0 Å². The monoisotopic (exact) mass is 280 g/mol. The van der Waals surface area contributed by atoms with Gasteiger partial charge in [0, 0.05) is 13.1 Å². The molecule has 2 rings (SSSR count). The lowest BCUT2D eigenvalue weighted by Crippen LogP contribution is -2.39. The first-order chi connectivity index (χ1) is 9.52. The summed E-state index contributed by atoms with van der Waals surface area (Å²) < 4.78 is 0. The molecule has 1 aliphatic rings. The van der Waals surface area contributed by atoms with Crippen molar-refractivity contribution in [2.75, 3.05) is 17.7 Å². The summed E-state index contributed by atoms with van der Waals surface area (Å²) in [7, 11) is 1.53. The van der Waals surface area contributed by atoms with Gasteiger partial charge in [-0.05, 0) is 19.8 Å². The third kappa shape index (κ3) is 3.11. The summed E-state index contributed by atoms with van der Waals surface area (Å²) in [5.74, 6) is -0.0819. The van der Waals surface area contributed by atoms with Gasteiger partial charge in [-0.15, -0.1) is 0 Å². The SMILES string of the molecule is CNc1ncnc(NC(C)C(=O)NC2CC2)c1[N+](=O)[O-]. The fraction of sp³-hybridized carbons (Fsp3) is 0.545. The predicted octanol–water partition coefficient (Wildman–Crippen LogP) is 0.505. The second-order valence-corrected chi connectivity index (χ2v) is 4.58. The topological polar surface area (TPSA) is 122 Å². The van der Waals surface area contributed by atoms with Gasteiger partial charge < -0.3 is 16.0 Å². The van der Waals surface area contributed by atoms with Crippen LogP contribution in [-0.2, 0) is 4.79 Å². The molecule has 0 aromatic carbocycles. The summed E-state index contributed by atoms with van der Waals surface area (Å²) in [5, 5.41) is 19.3. The van der Waals surface area contributed by atoms with Gasteiger partial charge in [-0.25, -0.2) is 9.97 Å². The molecule has 3 N–H and O–H groups in total. The van der Waals surface area contributed by atoms with Crippen molar-refractivity contribution in [1.82, 2.24) is 15.3 Å². The van der Waals surface area contributed by atoms with Crippen LogP contribution in [-0.4, -0.2) is 39.9 Å². The Morgan fingerprint density at radius 3 is 2.65 bits per heavy atom. The number of hydrogen-bond donors (Lipinski definition) is 3. The number of amides is 1. The molecule has 1 atom stereocenters. The van der Waals surface area contributed by atoms with Gasteiger partial charge in [-0.2, -0.15) is 0 Å². The van der Waals surface area contributed by atoms with Crippen LogP contribution in [0.3, 0.4) is 0 Å². The Balaban J connectivity index is 2.15. The summed E-state index contributed by atoms with van der Waals surface area (Å²) >= 11 is 0. The molecule has 1 amide bonds. The van der Waals surface area contributed by atoms with Crippen LogP contribution in [0.25, 0.3) is 0 Å². The van der Waals surface area contributed by atoms with Crippen LogP contribution in [0.15, 0.2) is 6.33 Å². The molecule has 0 aliphatic heterocycles. The highest BCUT2D eigenvalue weighted by atomic mass is 16.6. The molecule has 1 heterocycles. The van der Waals surface area contributed by atoms with Crippen molar-refractivity contribution in [3.8, 4) is 0 Å². The summed E-state index contributed by atoms with van der Waals surface area (Å²) in [6, 6.07) is -0.381. The molecule has 9 nitrogen and oxygen atoms in total. The Morgan fingerprint density at radius 1 is 1.45 bits per heavy atom. The average Bonchev–Trinajstić information content (AvgIpc) is 3.21. The minimum Gasteiger partial charge on any atom is -0.367 e. The van der Waals surface area contributed by atoms with E-state index in [-0.39, 0.29) is 29.3 Å². The molecule has 0 bridgehead atoms. The normalized spacial score (nSPS) is 15.3. The number of nitro groups is 1. The maximum absolute atomic E-state index is 11.8. The maximum Gasteiger partial charge on any atom is 0.353 e. The highest BCUT2D eigenvalue weighted by Crippen LogP contribution is 2.28. The standard InChI is InChI=1S/C11H16N6O3/c1-6(11(18)16-7-3-4-7)15-10-8(17(19)20)9(12-2)13-5-14-10/h5-7H,3-4H2,1-2H3,(H,16,18)(H2,12,13,14,15). The largest absolute Gasteiger partial charge is 0.367 e. The van der Waals surface area contributed by atoms with Crippen molar-refractivity contribution in [2.45, 2.75) is 31.8 Å². The van der Waals surface area contributed by atoms with Gasteiger partial charge in [0.15, 0.2) is 0 Å². The van der Waals surface area contributed by atoms with Crippen LogP contribution in [0.4, 0.5) is 17.3 Å². The highest BCUT2D eigenvalue weighted by Gasteiger charge is 2.28. The molecular formula is C11H16N6O3. The Hall–Kier alpha value is -2.45. The zero-order chi connectivity index (χ0) is 14.7. The van der Waals surface area contributed by atoms with E-state index < -0.39 is 11.0 Å². The van der Waals surface area contributed by atoms with E-state index in [0.717, 1.165) is 12.8 Å². The number of carbonyl (C=O) groups is 1. The van der Waals surface area contributed by atoms with E-state index in [9.17, 15) is 14.9 Å². The van der Waals surface area contributed by atoms with Crippen LogP contribution in [0.2, 0.25) is 0 Å². The lowest BCUT2D eigenvalue weighted by Gasteiger charge is -2.14. The molecule has 0 saturated heterocycles. The quantitative estimate of drug-likeness (QED) is 0.512.